The highest BCUT2D eigenvalue weighted by Crippen LogP contribution is 2.28. The fourth-order valence-electron chi connectivity index (χ4n) is 3.56. The molecule has 140 valence electrons. The van der Waals surface area contributed by atoms with E-state index in [2.05, 4.69) is 10.3 Å². The number of rotatable bonds is 3. The van der Waals surface area contributed by atoms with Gasteiger partial charge in [0.15, 0.2) is 9.84 Å². The van der Waals surface area contributed by atoms with Crippen molar-refractivity contribution in [2.24, 2.45) is 0 Å². The van der Waals surface area contributed by atoms with Crippen LogP contribution in [0.5, 0.6) is 0 Å². The second-order valence-electron chi connectivity index (χ2n) is 6.87. The number of nitrogens with one attached hydrogen (secondary N) is 1. The Morgan fingerprint density at radius 3 is 2.70 bits per heavy atom. The highest BCUT2D eigenvalue weighted by atomic mass is 32.2. The molecule has 2 aliphatic heterocycles. The first-order chi connectivity index (χ1) is 12.9. The van der Waals surface area contributed by atoms with Crippen molar-refractivity contribution in [3.05, 3.63) is 59.4 Å². The molecule has 3 heterocycles. The lowest BCUT2D eigenvalue weighted by Gasteiger charge is -2.17. The lowest BCUT2D eigenvalue weighted by molar-refractivity contribution is 0.0940. The van der Waals surface area contributed by atoms with E-state index in [4.69, 9.17) is 0 Å². The molecule has 1 atom stereocenters. The largest absolute Gasteiger partial charge is 0.348 e. The Balaban J connectivity index is 1.51. The SMILES string of the molecule is O=C(NC1CCS(=O)(=O)C1)c1cncc(C(=O)N2CCc3ccccc32)c1. The van der Waals surface area contributed by atoms with E-state index in [1.54, 1.807) is 4.90 Å². The van der Waals surface area contributed by atoms with E-state index in [9.17, 15) is 18.0 Å². The van der Waals surface area contributed by atoms with Crippen LogP contribution in [0.4, 0.5) is 5.69 Å². The normalized spacial score (nSPS) is 20.3. The summed E-state index contributed by atoms with van der Waals surface area (Å²) in [6.07, 6.45) is 4.03. The van der Waals surface area contributed by atoms with Gasteiger partial charge < -0.3 is 10.2 Å². The maximum atomic E-state index is 12.9. The molecule has 0 radical (unpaired) electrons. The van der Waals surface area contributed by atoms with Crippen LogP contribution in [0.25, 0.3) is 0 Å². The Labute approximate surface area is 157 Å². The van der Waals surface area contributed by atoms with E-state index >= 15 is 0 Å². The molecule has 1 unspecified atom stereocenters. The molecule has 2 aliphatic rings. The summed E-state index contributed by atoms with van der Waals surface area (Å²) in [5.41, 5.74) is 2.58. The van der Waals surface area contributed by atoms with Crippen LogP contribution in [0.15, 0.2) is 42.7 Å². The first kappa shape index (κ1) is 17.7. The van der Waals surface area contributed by atoms with Gasteiger partial charge in [-0.05, 0) is 30.5 Å². The van der Waals surface area contributed by atoms with E-state index in [-0.39, 0.29) is 23.0 Å². The average molecular weight is 385 g/mol. The van der Waals surface area contributed by atoms with Crippen molar-refractivity contribution in [3.63, 3.8) is 0 Å². The number of nitrogens with zero attached hydrogens (tertiary/aromatic N) is 2. The summed E-state index contributed by atoms with van der Waals surface area (Å²) in [5, 5.41) is 2.72. The van der Waals surface area contributed by atoms with Crippen LogP contribution >= 0.6 is 0 Å². The number of fused-ring (bicyclic) bond motifs is 1. The lowest BCUT2D eigenvalue weighted by Crippen LogP contribution is -2.36. The summed E-state index contributed by atoms with van der Waals surface area (Å²) in [6.45, 7) is 0.592. The summed E-state index contributed by atoms with van der Waals surface area (Å²) >= 11 is 0. The molecule has 0 aliphatic carbocycles. The molecule has 1 fully saturated rings. The van der Waals surface area contributed by atoms with Gasteiger partial charge in [-0.1, -0.05) is 18.2 Å². The maximum absolute atomic E-state index is 12.9. The first-order valence-electron chi connectivity index (χ1n) is 8.79. The minimum absolute atomic E-state index is 0.0463. The number of hydrogen-bond acceptors (Lipinski definition) is 5. The Kier molecular flexibility index (Phi) is 4.43. The second-order valence-corrected chi connectivity index (χ2v) is 9.10. The Bertz CT molecular complexity index is 1020. The maximum Gasteiger partial charge on any atom is 0.259 e. The minimum Gasteiger partial charge on any atom is -0.348 e. The number of sulfone groups is 1. The van der Waals surface area contributed by atoms with Gasteiger partial charge in [0.1, 0.15) is 0 Å². The van der Waals surface area contributed by atoms with Crippen LogP contribution in [-0.2, 0) is 16.3 Å². The molecule has 0 spiro atoms. The van der Waals surface area contributed by atoms with E-state index in [0.717, 1.165) is 17.7 Å². The lowest BCUT2D eigenvalue weighted by atomic mass is 10.1. The molecule has 8 heteroatoms. The van der Waals surface area contributed by atoms with Crippen molar-refractivity contribution in [2.75, 3.05) is 23.0 Å². The third-order valence-corrected chi connectivity index (χ3v) is 6.72. The van der Waals surface area contributed by atoms with E-state index in [0.29, 0.717) is 18.5 Å². The number of benzene rings is 1. The highest BCUT2D eigenvalue weighted by molar-refractivity contribution is 7.91. The monoisotopic (exact) mass is 385 g/mol. The predicted octanol–water partition coefficient (Wildman–Crippen LogP) is 1.20. The molecule has 4 rings (SSSR count). The number of para-hydroxylation sites is 1. The Hall–Kier alpha value is -2.74. The van der Waals surface area contributed by atoms with Gasteiger partial charge in [0.05, 0.1) is 22.6 Å². The van der Waals surface area contributed by atoms with Crippen molar-refractivity contribution in [1.29, 1.82) is 0 Å². The summed E-state index contributed by atoms with van der Waals surface area (Å²) in [6, 6.07) is 8.86. The van der Waals surface area contributed by atoms with E-state index < -0.39 is 21.8 Å². The van der Waals surface area contributed by atoms with Crippen LogP contribution in [0.3, 0.4) is 0 Å². The zero-order valence-corrected chi connectivity index (χ0v) is 15.4. The molecule has 2 amide bonds. The Morgan fingerprint density at radius 1 is 1.15 bits per heavy atom. The molecular weight excluding hydrogens is 366 g/mol. The van der Waals surface area contributed by atoms with Gasteiger partial charge in [0.2, 0.25) is 0 Å². The van der Waals surface area contributed by atoms with E-state index in [1.165, 1.54) is 18.5 Å². The molecule has 1 saturated heterocycles. The molecule has 7 nitrogen and oxygen atoms in total. The molecule has 27 heavy (non-hydrogen) atoms. The first-order valence-corrected chi connectivity index (χ1v) is 10.6. The number of pyridine rings is 1. The van der Waals surface area contributed by atoms with Gasteiger partial charge in [-0.2, -0.15) is 0 Å². The van der Waals surface area contributed by atoms with Crippen molar-refractivity contribution < 1.29 is 18.0 Å². The van der Waals surface area contributed by atoms with Gasteiger partial charge in [0, 0.05) is 30.7 Å². The Morgan fingerprint density at radius 2 is 1.93 bits per heavy atom. The minimum atomic E-state index is -3.08. The standard InChI is InChI=1S/C19H19N3O4S/c23-18(21-16-6-8-27(25,26)12-16)14-9-15(11-20-10-14)19(24)22-7-5-13-3-1-2-4-17(13)22/h1-4,9-11,16H,5-8,12H2,(H,21,23). The van der Waals surface area contributed by atoms with Crippen molar-refractivity contribution >= 4 is 27.3 Å². The molecular formula is C19H19N3O4S. The predicted molar refractivity (Wildman–Crippen MR) is 101 cm³/mol. The number of hydrogen-bond donors (Lipinski definition) is 1. The number of aromatic nitrogens is 1. The zero-order valence-electron chi connectivity index (χ0n) is 14.6. The van der Waals surface area contributed by atoms with Gasteiger partial charge in [0.25, 0.3) is 11.8 Å². The molecule has 1 aromatic carbocycles. The van der Waals surface area contributed by atoms with Crippen molar-refractivity contribution in [3.8, 4) is 0 Å². The quantitative estimate of drug-likeness (QED) is 0.856. The number of carbonyl (C=O) groups excluding carboxylic acids is 2. The van der Waals surface area contributed by atoms with Crippen LogP contribution < -0.4 is 10.2 Å². The average Bonchev–Trinajstić information content (AvgIpc) is 3.24. The highest BCUT2D eigenvalue weighted by Gasteiger charge is 2.30. The zero-order chi connectivity index (χ0) is 19.0. The number of anilines is 1. The smallest absolute Gasteiger partial charge is 0.259 e. The van der Waals surface area contributed by atoms with Crippen LogP contribution in [0, 0.1) is 0 Å². The van der Waals surface area contributed by atoms with Crippen molar-refractivity contribution in [1.82, 2.24) is 10.3 Å². The third-order valence-electron chi connectivity index (χ3n) is 4.95. The van der Waals surface area contributed by atoms with Crippen LogP contribution in [-0.4, -0.2) is 49.3 Å². The van der Waals surface area contributed by atoms with Gasteiger partial charge in [-0.3, -0.25) is 14.6 Å². The summed E-state index contributed by atoms with van der Waals surface area (Å²) < 4.78 is 23.1. The third kappa shape index (κ3) is 3.57. The summed E-state index contributed by atoms with van der Waals surface area (Å²) in [5.74, 6) is -0.579. The fraction of sp³-hybridized carbons (Fsp3) is 0.316. The molecule has 1 aromatic heterocycles. The second kappa shape index (κ2) is 6.77. The summed E-state index contributed by atoms with van der Waals surface area (Å²) in [4.78, 5) is 31.0. The van der Waals surface area contributed by atoms with Gasteiger partial charge >= 0.3 is 0 Å². The molecule has 1 N–H and O–H groups in total. The van der Waals surface area contributed by atoms with Crippen LogP contribution in [0.2, 0.25) is 0 Å². The molecule has 0 bridgehead atoms. The van der Waals surface area contributed by atoms with Gasteiger partial charge in [-0.25, -0.2) is 8.42 Å². The topological polar surface area (TPSA) is 96.4 Å². The summed E-state index contributed by atoms with van der Waals surface area (Å²) in [7, 11) is -3.08. The molecule has 2 aromatic rings. The van der Waals surface area contributed by atoms with E-state index in [1.807, 2.05) is 24.3 Å². The number of amides is 2. The van der Waals surface area contributed by atoms with Gasteiger partial charge in [-0.15, -0.1) is 0 Å². The van der Waals surface area contributed by atoms with Crippen molar-refractivity contribution in [2.45, 2.75) is 18.9 Å². The molecule has 0 saturated carbocycles. The number of carbonyl (C=O) groups is 2. The fourth-order valence-corrected chi connectivity index (χ4v) is 5.24. The van der Waals surface area contributed by atoms with Crippen LogP contribution in [0.1, 0.15) is 32.7 Å².